The first-order valence-electron chi connectivity index (χ1n) is 4.57. The van der Waals surface area contributed by atoms with Gasteiger partial charge in [0.05, 0.1) is 19.1 Å². The molecule has 0 saturated heterocycles. The summed E-state index contributed by atoms with van der Waals surface area (Å²) < 4.78 is 0. The molecule has 0 spiro atoms. The number of ketones is 1. The summed E-state index contributed by atoms with van der Waals surface area (Å²) in [5.74, 6) is -1.24. The summed E-state index contributed by atoms with van der Waals surface area (Å²) in [5, 5.41) is 28.0. The van der Waals surface area contributed by atoms with Crippen molar-refractivity contribution in [2.75, 3.05) is 13.2 Å². The lowest BCUT2D eigenvalue weighted by atomic mass is 9.84. The monoisotopic (exact) mass is 210 g/mol. The molecule has 4 heteroatoms. The fourth-order valence-corrected chi connectivity index (χ4v) is 1.70. The van der Waals surface area contributed by atoms with Gasteiger partial charge >= 0.3 is 0 Å². The van der Waals surface area contributed by atoms with Crippen molar-refractivity contribution in [3.05, 3.63) is 36.5 Å². The van der Waals surface area contributed by atoms with Crippen molar-refractivity contribution in [2.45, 2.75) is 5.60 Å². The first kappa shape index (κ1) is 11.8. The van der Waals surface area contributed by atoms with Crippen LogP contribution in [0.15, 0.2) is 36.5 Å². The van der Waals surface area contributed by atoms with Crippen LogP contribution < -0.4 is 0 Å². The second kappa shape index (κ2) is 4.53. The molecular weight excluding hydrogens is 196 g/mol. The summed E-state index contributed by atoms with van der Waals surface area (Å²) in [6.07, 6.45) is 5.37. The summed E-state index contributed by atoms with van der Waals surface area (Å²) in [5.41, 5.74) is -1.26. The molecule has 0 bridgehead atoms. The van der Waals surface area contributed by atoms with Crippen LogP contribution in [-0.2, 0) is 4.79 Å². The Labute approximate surface area is 87.9 Å². The first-order chi connectivity index (χ1) is 7.09. The van der Waals surface area contributed by atoms with Crippen LogP contribution in [0, 0.1) is 5.92 Å². The van der Waals surface area contributed by atoms with E-state index in [9.17, 15) is 9.90 Å². The van der Waals surface area contributed by atoms with Gasteiger partial charge < -0.3 is 15.3 Å². The fourth-order valence-electron chi connectivity index (χ4n) is 1.70. The number of aliphatic hydroxyl groups is 3. The molecule has 0 aromatic rings. The summed E-state index contributed by atoms with van der Waals surface area (Å²) in [6, 6.07) is 0. The summed E-state index contributed by atoms with van der Waals surface area (Å²) in [4.78, 5) is 11.5. The molecule has 1 aliphatic carbocycles. The Kier molecular flexibility index (Phi) is 3.57. The van der Waals surface area contributed by atoms with Crippen LogP contribution in [0.2, 0.25) is 0 Å². The van der Waals surface area contributed by atoms with Gasteiger partial charge in [-0.3, -0.25) is 4.79 Å². The molecule has 0 aliphatic heterocycles. The second-order valence-corrected chi connectivity index (χ2v) is 3.45. The maximum atomic E-state index is 11.5. The molecule has 3 N–H and O–H groups in total. The molecule has 1 unspecified atom stereocenters. The minimum atomic E-state index is -1.60. The standard InChI is InChI=1S/C11H14O4/c1-2-3-8(6-12)10-9(14)4-5-11(10,15)7-13/h2-5,10,12-13,15H,1,6-7H2/b8-3-/t10?,11-/m1/s1. The van der Waals surface area contributed by atoms with Crippen molar-refractivity contribution in [1.29, 1.82) is 0 Å². The molecule has 2 atom stereocenters. The predicted molar refractivity (Wildman–Crippen MR) is 55.0 cm³/mol. The van der Waals surface area contributed by atoms with E-state index < -0.39 is 18.1 Å². The number of carbonyl (C=O) groups excluding carboxylic acids is 1. The van der Waals surface area contributed by atoms with Gasteiger partial charge in [0.15, 0.2) is 5.78 Å². The topological polar surface area (TPSA) is 77.8 Å². The third-order valence-electron chi connectivity index (χ3n) is 2.46. The minimum Gasteiger partial charge on any atom is -0.393 e. The lowest BCUT2D eigenvalue weighted by molar-refractivity contribution is -0.122. The van der Waals surface area contributed by atoms with Crippen molar-refractivity contribution < 1.29 is 20.1 Å². The highest BCUT2D eigenvalue weighted by Gasteiger charge is 2.44. The first-order valence-corrected chi connectivity index (χ1v) is 4.57. The SMILES string of the molecule is C=C/C=C(/CO)C1C(=O)C=C[C@@]1(O)CO. The summed E-state index contributed by atoms with van der Waals surface area (Å²) in [7, 11) is 0. The molecule has 0 aromatic carbocycles. The van der Waals surface area contributed by atoms with E-state index in [1.54, 1.807) is 0 Å². The van der Waals surface area contributed by atoms with Gasteiger partial charge in [0.1, 0.15) is 5.60 Å². The number of hydrogen-bond donors (Lipinski definition) is 3. The molecule has 15 heavy (non-hydrogen) atoms. The predicted octanol–water partition coefficient (Wildman–Crippen LogP) is -0.430. The van der Waals surface area contributed by atoms with E-state index in [4.69, 9.17) is 10.2 Å². The Morgan fingerprint density at radius 2 is 2.27 bits per heavy atom. The number of rotatable bonds is 4. The molecule has 0 fully saturated rings. The molecule has 0 heterocycles. The van der Waals surface area contributed by atoms with Gasteiger partial charge in [0, 0.05) is 0 Å². The van der Waals surface area contributed by atoms with Crippen LogP contribution in [0.1, 0.15) is 0 Å². The van der Waals surface area contributed by atoms with Crippen LogP contribution in [0.3, 0.4) is 0 Å². The smallest absolute Gasteiger partial charge is 0.166 e. The van der Waals surface area contributed by atoms with Crippen molar-refractivity contribution >= 4 is 5.78 Å². The van der Waals surface area contributed by atoms with E-state index >= 15 is 0 Å². The summed E-state index contributed by atoms with van der Waals surface area (Å²) in [6.45, 7) is 2.54. The van der Waals surface area contributed by atoms with E-state index in [1.165, 1.54) is 24.3 Å². The van der Waals surface area contributed by atoms with Gasteiger partial charge in [0.25, 0.3) is 0 Å². The van der Waals surface area contributed by atoms with Crippen molar-refractivity contribution in [2.24, 2.45) is 5.92 Å². The quantitative estimate of drug-likeness (QED) is 0.550. The lowest BCUT2D eigenvalue weighted by Gasteiger charge is -2.27. The summed E-state index contributed by atoms with van der Waals surface area (Å²) >= 11 is 0. The van der Waals surface area contributed by atoms with E-state index in [0.29, 0.717) is 5.57 Å². The average molecular weight is 210 g/mol. The molecule has 0 saturated carbocycles. The average Bonchev–Trinajstić information content (AvgIpc) is 2.53. The van der Waals surface area contributed by atoms with Gasteiger partial charge in [-0.25, -0.2) is 0 Å². The highest BCUT2D eigenvalue weighted by Crippen LogP contribution is 2.32. The van der Waals surface area contributed by atoms with Crippen molar-refractivity contribution in [3.63, 3.8) is 0 Å². The largest absolute Gasteiger partial charge is 0.393 e. The van der Waals surface area contributed by atoms with Gasteiger partial charge in [-0.05, 0) is 17.7 Å². The number of hydrogen-bond acceptors (Lipinski definition) is 4. The van der Waals surface area contributed by atoms with Crippen molar-refractivity contribution in [3.8, 4) is 0 Å². The number of aliphatic hydroxyl groups excluding tert-OH is 2. The molecule has 82 valence electrons. The second-order valence-electron chi connectivity index (χ2n) is 3.45. The van der Waals surface area contributed by atoms with E-state index in [1.807, 2.05) is 0 Å². The number of carbonyl (C=O) groups is 1. The molecule has 1 aliphatic rings. The van der Waals surface area contributed by atoms with Crippen LogP contribution in [0.5, 0.6) is 0 Å². The zero-order chi connectivity index (χ0) is 11.5. The Morgan fingerprint density at radius 3 is 2.73 bits per heavy atom. The maximum Gasteiger partial charge on any atom is 0.166 e. The highest BCUT2D eigenvalue weighted by atomic mass is 16.3. The van der Waals surface area contributed by atoms with Crippen molar-refractivity contribution in [1.82, 2.24) is 0 Å². The molecule has 1 rings (SSSR count). The third-order valence-corrected chi connectivity index (χ3v) is 2.46. The van der Waals surface area contributed by atoms with Crippen LogP contribution in [0.25, 0.3) is 0 Å². The molecule has 0 radical (unpaired) electrons. The Morgan fingerprint density at radius 1 is 1.60 bits per heavy atom. The van der Waals surface area contributed by atoms with Crippen LogP contribution >= 0.6 is 0 Å². The third kappa shape index (κ3) is 2.07. The lowest BCUT2D eigenvalue weighted by Crippen LogP contribution is -2.41. The Balaban J connectivity index is 3.06. The van der Waals surface area contributed by atoms with E-state index in [0.717, 1.165) is 0 Å². The van der Waals surface area contributed by atoms with Crippen LogP contribution in [0.4, 0.5) is 0 Å². The van der Waals surface area contributed by atoms with E-state index in [-0.39, 0.29) is 12.4 Å². The molecular formula is C11H14O4. The Hall–Kier alpha value is -1.23. The molecule has 0 aromatic heterocycles. The highest BCUT2D eigenvalue weighted by molar-refractivity contribution is 5.98. The normalized spacial score (nSPS) is 31.0. The van der Waals surface area contributed by atoms with Gasteiger partial charge in [-0.15, -0.1) is 0 Å². The molecule has 0 amide bonds. The minimum absolute atomic E-state index is 0.325. The molecule has 4 nitrogen and oxygen atoms in total. The number of allylic oxidation sites excluding steroid dienone is 3. The van der Waals surface area contributed by atoms with Crippen LogP contribution in [-0.4, -0.2) is 39.9 Å². The fraction of sp³-hybridized carbons (Fsp3) is 0.364. The zero-order valence-corrected chi connectivity index (χ0v) is 8.26. The zero-order valence-electron chi connectivity index (χ0n) is 8.26. The van der Waals surface area contributed by atoms with Gasteiger partial charge in [-0.1, -0.05) is 18.7 Å². The van der Waals surface area contributed by atoms with E-state index in [2.05, 4.69) is 6.58 Å². The van der Waals surface area contributed by atoms with Gasteiger partial charge in [-0.2, -0.15) is 0 Å². The maximum absolute atomic E-state index is 11.5. The van der Waals surface area contributed by atoms with Gasteiger partial charge in [0.2, 0.25) is 0 Å². The Bertz CT molecular complexity index is 329.